The summed E-state index contributed by atoms with van der Waals surface area (Å²) in [7, 11) is 1.89. The maximum atomic E-state index is 12.7. The van der Waals surface area contributed by atoms with Crippen LogP contribution in [0.5, 0.6) is 0 Å². The standard InChI is InChI=1S/C21H26ClN3O/c1-17(18-8-4-3-5-9-18)23(2)21(26)16-24-12-14-25(15-13-24)20-11-7-6-10-19(20)22/h3-11,17H,12-16H2,1-2H3/t17-/m1/s1. The minimum absolute atomic E-state index is 0.0770. The van der Waals surface area contributed by atoms with E-state index in [-0.39, 0.29) is 11.9 Å². The Morgan fingerprint density at radius 2 is 1.65 bits per heavy atom. The maximum Gasteiger partial charge on any atom is 0.236 e. The molecular weight excluding hydrogens is 346 g/mol. The Kier molecular flexibility index (Phi) is 6.17. The van der Waals surface area contributed by atoms with Gasteiger partial charge in [0, 0.05) is 33.2 Å². The average Bonchev–Trinajstić information content (AvgIpc) is 2.68. The monoisotopic (exact) mass is 371 g/mol. The van der Waals surface area contributed by atoms with Gasteiger partial charge in [0.1, 0.15) is 0 Å². The van der Waals surface area contributed by atoms with Gasteiger partial charge in [-0.1, -0.05) is 54.1 Å². The van der Waals surface area contributed by atoms with E-state index in [0.29, 0.717) is 6.54 Å². The predicted octanol–water partition coefficient (Wildman–Crippen LogP) is 3.68. The summed E-state index contributed by atoms with van der Waals surface area (Å²) in [6.45, 7) is 6.03. The first-order valence-corrected chi connectivity index (χ1v) is 9.46. The lowest BCUT2D eigenvalue weighted by Gasteiger charge is -2.37. The Labute approximate surface area is 161 Å². The van der Waals surface area contributed by atoms with Crippen LogP contribution in [0, 0.1) is 0 Å². The molecule has 3 rings (SSSR count). The number of piperazine rings is 1. The molecule has 5 heteroatoms. The fourth-order valence-electron chi connectivity index (χ4n) is 3.33. The third-order valence-corrected chi connectivity index (χ3v) is 5.50. The minimum atomic E-state index is 0.0770. The average molecular weight is 372 g/mol. The third-order valence-electron chi connectivity index (χ3n) is 5.18. The molecule has 2 aromatic rings. The van der Waals surface area contributed by atoms with Crippen molar-refractivity contribution in [2.75, 3.05) is 44.7 Å². The summed E-state index contributed by atoms with van der Waals surface area (Å²) < 4.78 is 0. The number of anilines is 1. The largest absolute Gasteiger partial charge is 0.368 e. The number of nitrogens with zero attached hydrogens (tertiary/aromatic N) is 3. The molecule has 0 unspecified atom stereocenters. The first-order valence-electron chi connectivity index (χ1n) is 9.08. The highest BCUT2D eigenvalue weighted by atomic mass is 35.5. The highest BCUT2D eigenvalue weighted by Gasteiger charge is 2.23. The molecule has 0 N–H and O–H groups in total. The molecule has 1 aliphatic heterocycles. The first-order chi connectivity index (χ1) is 12.6. The zero-order chi connectivity index (χ0) is 18.5. The number of carbonyl (C=O) groups is 1. The van der Waals surface area contributed by atoms with Crippen molar-refractivity contribution in [3.05, 3.63) is 65.2 Å². The fraction of sp³-hybridized carbons (Fsp3) is 0.381. The van der Waals surface area contributed by atoms with Gasteiger partial charge in [0.25, 0.3) is 0 Å². The Bertz CT molecular complexity index is 729. The topological polar surface area (TPSA) is 26.8 Å². The number of hydrogen-bond donors (Lipinski definition) is 0. The summed E-state index contributed by atoms with van der Waals surface area (Å²) in [4.78, 5) is 19.0. The molecule has 1 atom stereocenters. The summed E-state index contributed by atoms with van der Waals surface area (Å²) in [5.74, 6) is 0.160. The van der Waals surface area contributed by atoms with E-state index in [1.807, 2.05) is 48.3 Å². The molecule has 1 fully saturated rings. The second-order valence-corrected chi connectivity index (χ2v) is 7.21. The predicted molar refractivity (Wildman–Crippen MR) is 108 cm³/mol. The van der Waals surface area contributed by atoms with Crippen LogP contribution < -0.4 is 4.90 Å². The van der Waals surface area contributed by atoms with Gasteiger partial charge in [-0.2, -0.15) is 0 Å². The highest BCUT2D eigenvalue weighted by molar-refractivity contribution is 6.33. The van der Waals surface area contributed by atoms with Crippen LogP contribution in [0.3, 0.4) is 0 Å². The minimum Gasteiger partial charge on any atom is -0.368 e. The molecule has 0 saturated carbocycles. The van der Waals surface area contributed by atoms with E-state index in [1.54, 1.807) is 0 Å². The fourth-order valence-corrected chi connectivity index (χ4v) is 3.58. The van der Waals surface area contributed by atoms with Gasteiger partial charge in [-0.25, -0.2) is 0 Å². The molecule has 2 aromatic carbocycles. The van der Waals surface area contributed by atoms with Crippen molar-refractivity contribution in [3.63, 3.8) is 0 Å². The number of halogens is 1. The molecular formula is C21H26ClN3O. The van der Waals surface area contributed by atoms with E-state index < -0.39 is 0 Å². The molecule has 138 valence electrons. The summed E-state index contributed by atoms with van der Waals surface area (Å²) in [5, 5.41) is 0.786. The summed E-state index contributed by atoms with van der Waals surface area (Å²) >= 11 is 6.30. The van der Waals surface area contributed by atoms with Crippen molar-refractivity contribution in [1.29, 1.82) is 0 Å². The molecule has 26 heavy (non-hydrogen) atoms. The molecule has 0 aliphatic carbocycles. The Hall–Kier alpha value is -2.04. The highest BCUT2D eigenvalue weighted by Crippen LogP contribution is 2.26. The van der Waals surface area contributed by atoms with Crippen LogP contribution in [0.4, 0.5) is 5.69 Å². The summed E-state index contributed by atoms with van der Waals surface area (Å²) in [6, 6.07) is 18.2. The van der Waals surface area contributed by atoms with Crippen LogP contribution in [0.25, 0.3) is 0 Å². The molecule has 1 amide bonds. The molecule has 0 bridgehead atoms. The van der Waals surface area contributed by atoms with Crippen molar-refractivity contribution in [2.45, 2.75) is 13.0 Å². The van der Waals surface area contributed by atoms with E-state index in [2.05, 4.69) is 34.9 Å². The molecule has 1 aliphatic rings. The number of carbonyl (C=O) groups excluding carboxylic acids is 1. The summed E-state index contributed by atoms with van der Waals surface area (Å²) in [6.07, 6.45) is 0. The number of benzene rings is 2. The Balaban J connectivity index is 1.52. The van der Waals surface area contributed by atoms with Crippen molar-refractivity contribution in [2.24, 2.45) is 0 Å². The second-order valence-electron chi connectivity index (χ2n) is 6.81. The van der Waals surface area contributed by atoms with Crippen LogP contribution >= 0.6 is 11.6 Å². The number of likely N-dealkylation sites (N-methyl/N-ethyl adjacent to an activating group) is 1. The van der Waals surface area contributed by atoms with Crippen LogP contribution in [0.1, 0.15) is 18.5 Å². The molecule has 1 heterocycles. The van der Waals surface area contributed by atoms with Crippen LogP contribution in [-0.2, 0) is 4.79 Å². The van der Waals surface area contributed by atoms with Crippen molar-refractivity contribution in [1.82, 2.24) is 9.80 Å². The first kappa shape index (κ1) is 18.7. The van der Waals surface area contributed by atoms with E-state index in [0.717, 1.165) is 42.5 Å². The van der Waals surface area contributed by atoms with E-state index in [9.17, 15) is 4.79 Å². The van der Waals surface area contributed by atoms with Crippen LogP contribution in [0.2, 0.25) is 5.02 Å². The second kappa shape index (κ2) is 8.56. The Morgan fingerprint density at radius 1 is 1.04 bits per heavy atom. The smallest absolute Gasteiger partial charge is 0.236 e. The number of hydrogen-bond acceptors (Lipinski definition) is 3. The molecule has 0 aromatic heterocycles. The van der Waals surface area contributed by atoms with E-state index in [1.165, 1.54) is 0 Å². The molecule has 1 saturated heterocycles. The van der Waals surface area contributed by atoms with Gasteiger partial charge in [-0.3, -0.25) is 9.69 Å². The molecule has 0 spiro atoms. The quantitative estimate of drug-likeness (QED) is 0.802. The van der Waals surface area contributed by atoms with Crippen molar-refractivity contribution < 1.29 is 4.79 Å². The maximum absolute atomic E-state index is 12.7. The van der Waals surface area contributed by atoms with Crippen LogP contribution in [-0.4, -0.2) is 55.5 Å². The van der Waals surface area contributed by atoms with Gasteiger partial charge in [0.15, 0.2) is 0 Å². The normalized spacial score (nSPS) is 16.3. The summed E-state index contributed by atoms with van der Waals surface area (Å²) in [5.41, 5.74) is 2.24. The number of rotatable bonds is 5. The zero-order valence-corrected chi connectivity index (χ0v) is 16.2. The number of para-hydroxylation sites is 1. The van der Waals surface area contributed by atoms with Crippen molar-refractivity contribution in [3.8, 4) is 0 Å². The van der Waals surface area contributed by atoms with Gasteiger partial charge in [-0.05, 0) is 24.6 Å². The SMILES string of the molecule is C[C@H](c1ccccc1)N(C)C(=O)CN1CCN(c2ccccc2Cl)CC1. The lowest BCUT2D eigenvalue weighted by molar-refractivity contribution is -0.133. The third kappa shape index (κ3) is 4.37. The van der Waals surface area contributed by atoms with Gasteiger partial charge < -0.3 is 9.80 Å². The lowest BCUT2D eigenvalue weighted by Crippen LogP contribution is -2.50. The lowest BCUT2D eigenvalue weighted by atomic mass is 10.1. The van der Waals surface area contributed by atoms with E-state index >= 15 is 0 Å². The van der Waals surface area contributed by atoms with Gasteiger partial charge in [0.2, 0.25) is 5.91 Å². The molecule has 4 nitrogen and oxygen atoms in total. The zero-order valence-electron chi connectivity index (χ0n) is 15.4. The van der Waals surface area contributed by atoms with Gasteiger partial charge in [0.05, 0.1) is 23.3 Å². The van der Waals surface area contributed by atoms with E-state index in [4.69, 9.17) is 11.6 Å². The van der Waals surface area contributed by atoms with Gasteiger partial charge in [-0.15, -0.1) is 0 Å². The van der Waals surface area contributed by atoms with Crippen LogP contribution in [0.15, 0.2) is 54.6 Å². The molecule has 0 radical (unpaired) electrons. The number of amides is 1. The Morgan fingerprint density at radius 3 is 2.31 bits per heavy atom. The van der Waals surface area contributed by atoms with Gasteiger partial charge >= 0.3 is 0 Å². The van der Waals surface area contributed by atoms with Crippen molar-refractivity contribution >= 4 is 23.2 Å².